The molecule has 1 amide bonds. The number of hydrogen-bond donors (Lipinski definition) is 1. The van der Waals surface area contributed by atoms with E-state index in [1.165, 1.54) is 0 Å². The number of benzene rings is 1. The molecule has 1 N–H and O–H groups in total. The minimum absolute atomic E-state index is 0.195. The largest absolute Gasteiger partial charge is 0.486 e. The third kappa shape index (κ3) is 3.86. The molecular formula is C14H15NO4. The summed E-state index contributed by atoms with van der Waals surface area (Å²) in [4.78, 5) is 16.3. The van der Waals surface area contributed by atoms with Gasteiger partial charge in [0.25, 0.3) is 0 Å². The quantitative estimate of drug-likeness (QED) is 0.812. The van der Waals surface area contributed by atoms with Crippen molar-refractivity contribution in [2.45, 2.75) is 13.5 Å². The number of hydroxylamine groups is 1. The normalized spacial score (nSPS) is 10.2. The summed E-state index contributed by atoms with van der Waals surface area (Å²) >= 11 is 0. The molecule has 100 valence electrons. The SMILES string of the molecule is CCONC(=O)c1ccc(COc2ccccc2)o1. The first-order chi connectivity index (χ1) is 9.29. The van der Waals surface area contributed by atoms with Gasteiger partial charge in [-0.2, -0.15) is 0 Å². The zero-order chi connectivity index (χ0) is 13.5. The highest BCUT2D eigenvalue weighted by Gasteiger charge is 2.11. The summed E-state index contributed by atoms with van der Waals surface area (Å²) in [6, 6.07) is 12.7. The molecule has 5 heteroatoms. The molecule has 2 rings (SSSR count). The zero-order valence-corrected chi connectivity index (χ0v) is 10.6. The lowest BCUT2D eigenvalue weighted by Gasteiger charge is -2.03. The Morgan fingerprint density at radius 1 is 1.21 bits per heavy atom. The summed E-state index contributed by atoms with van der Waals surface area (Å²) in [6.45, 7) is 2.45. The van der Waals surface area contributed by atoms with E-state index in [4.69, 9.17) is 14.0 Å². The van der Waals surface area contributed by atoms with Gasteiger partial charge in [0.05, 0.1) is 6.61 Å². The minimum Gasteiger partial charge on any atom is -0.486 e. The lowest BCUT2D eigenvalue weighted by molar-refractivity contribution is 0.0338. The minimum atomic E-state index is -0.409. The summed E-state index contributed by atoms with van der Waals surface area (Å²) in [5.74, 6) is 1.11. The van der Waals surface area contributed by atoms with Gasteiger partial charge in [-0.1, -0.05) is 18.2 Å². The number of carbonyl (C=O) groups is 1. The standard InChI is InChI=1S/C14H15NO4/c1-2-18-15-14(16)13-9-8-12(19-13)10-17-11-6-4-3-5-7-11/h3-9H,2,10H2,1H3,(H,15,16). The molecule has 0 saturated carbocycles. The smallest absolute Gasteiger partial charge is 0.310 e. The molecule has 0 bridgehead atoms. The molecule has 1 heterocycles. The Labute approximate surface area is 111 Å². The highest BCUT2D eigenvalue weighted by atomic mass is 16.7. The van der Waals surface area contributed by atoms with Gasteiger partial charge in [0.15, 0.2) is 5.76 Å². The van der Waals surface area contributed by atoms with E-state index in [1.54, 1.807) is 19.1 Å². The molecular weight excluding hydrogens is 246 g/mol. The summed E-state index contributed by atoms with van der Waals surface area (Å²) in [6.07, 6.45) is 0. The van der Waals surface area contributed by atoms with Crippen molar-refractivity contribution in [1.82, 2.24) is 5.48 Å². The molecule has 0 unspecified atom stereocenters. The van der Waals surface area contributed by atoms with Crippen LogP contribution in [0.5, 0.6) is 5.75 Å². The van der Waals surface area contributed by atoms with Crippen molar-refractivity contribution < 1.29 is 18.8 Å². The van der Waals surface area contributed by atoms with E-state index in [-0.39, 0.29) is 12.4 Å². The molecule has 0 fully saturated rings. The van der Waals surface area contributed by atoms with Crippen molar-refractivity contribution in [3.8, 4) is 5.75 Å². The topological polar surface area (TPSA) is 60.7 Å². The van der Waals surface area contributed by atoms with E-state index < -0.39 is 5.91 Å². The second-order valence-electron chi connectivity index (χ2n) is 3.73. The maximum Gasteiger partial charge on any atom is 0.310 e. The van der Waals surface area contributed by atoms with Crippen molar-refractivity contribution >= 4 is 5.91 Å². The Morgan fingerprint density at radius 3 is 2.74 bits per heavy atom. The average molecular weight is 261 g/mol. The van der Waals surface area contributed by atoms with Gasteiger partial charge in [0, 0.05) is 0 Å². The number of amides is 1. The number of ether oxygens (including phenoxy) is 1. The fraction of sp³-hybridized carbons (Fsp3) is 0.214. The van der Waals surface area contributed by atoms with E-state index in [2.05, 4.69) is 5.48 Å². The molecule has 0 radical (unpaired) electrons. The molecule has 0 aliphatic heterocycles. The van der Waals surface area contributed by atoms with Crippen molar-refractivity contribution in [2.75, 3.05) is 6.61 Å². The van der Waals surface area contributed by atoms with Gasteiger partial charge < -0.3 is 9.15 Å². The first-order valence-corrected chi connectivity index (χ1v) is 5.98. The lowest BCUT2D eigenvalue weighted by atomic mass is 10.3. The molecule has 1 aromatic carbocycles. The molecule has 0 aliphatic carbocycles. The summed E-state index contributed by atoms with van der Waals surface area (Å²) < 4.78 is 10.9. The van der Waals surface area contributed by atoms with Crippen LogP contribution in [0.25, 0.3) is 0 Å². The predicted octanol–water partition coefficient (Wildman–Crippen LogP) is 2.54. The van der Waals surface area contributed by atoms with Crippen molar-refractivity contribution in [3.05, 3.63) is 54.0 Å². The summed E-state index contributed by atoms with van der Waals surface area (Å²) in [5.41, 5.74) is 2.26. The van der Waals surface area contributed by atoms with Crippen molar-refractivity contribution in [2.24, 2.45) is 0 Å². The van der Waals surface area contributed by atoms with Gasteiger partial charge in [-0.15, -0.1) is 0 Å². The van der Waals surface area contributed by atoms with E-state index in [9.17, 15) is 4.79 Å². The van der Waals surface area contributed by atoms with E-state index in [0.717, 1.165) is 5.75 Å². The number of furan rings is 1. The lowest BCUT2D eigenvalue weighted by Crippen LogP contribution is -2.22. The van der Waals surface area contributed by atoms with Crippen LogP contribution in [0.4, 0.5) is 0 Å². The Hall–Kier alpha value is -2.27. The fourth-order valence-corrected chi connectivity index (χ4v) is 1.44. The van der Waals surface area contributed by atoms with Crippen LogP contribution in [0.3, 0.4) is 0 Å². The number of carbonyl (C=O) groups excluding carboxylic acids is 1. The fourth-order valence-electron chi connectivity index (χ4n) is 1.44. The van der Waals surface area contributed by atoms with Crippen LogP contribution >= 0.6 is 0 Å². The van der Waals surface area contributed by atoms with Crippen LogP contribution in [0.15, 0.2) is 46.9 Å². The van der Waals surface area contributed by atoms with Gasteiger partial charge in [-0.25, -0.2) is 5.48 Å². The highest BCUT2D eigenvalue weighted by Crippen LogP contribution is 2.13. The summed E-state index contributed by atoms with van der Waals surface area (Å²) in [5, 5.41) is 0. The van der Waals surface area contributed by atoms with Crippen LogP contribution in [0.2, 0.25) is 0 Å². The van der Waals surface area contributed by atoms with Gasteiger partial charge in [-0.05, 0) is 31.2 Å². The molecule has 1 aromatic heterocycles. The number of hydrogen-bond acceptors (Lipinski definition) is 4. The van der Waals surface area contributed by atoms with Crippen LogP contribution < -0.4 is 10.2 Å². The average Bonchev–Trinajstić information content (AvgIpc) is 2.92. The third-order valence-corrected chi connectivity index (χ3v) is 2.32. The Morgan fingerprint density at radius 2 is 2.00 bits per heavy atom. The monoisotopic (exact) mass is 261 g/mol. The predicted molar refractivity (Wildman–Crippen MR) is 68.6 cm³/mol. The second-order valence-corrected chi connectivity index (χ2v) is 3.73. The van der Waals surface area contributed by atoms with Crippen LogP contribution in [-0.2, 0) is 11.4 Å². The maximum absolute atomic E-state index is 11.5. The second kappa shape index (κ2) is 6.61. The van der Waals surface area contributed by atoms with Crippen LogP contribution in [0, 0.1) is 0 Å². The zero-order valence-electron chi connectivity index (χ0n) is 10.6. The number of nitrogens with one attached hydrogen (secondary N) is 1. The molecule has 0 atom stereocenters. The highest BCUT2D eigenvalue weighted by molar-refractivity contribution is 5.90. The first-order valence-electron chi connectivity index (χ1n) is 5.98. The molecule has 0 spiro atoms. The van der Waals surface area contributed by atoms with Gasteiger partial charge in [0.1, 0.15) is 18.1 Å². The van der Waals surface area contributed by atoms with E-state index in [0.29, 0.717) is 12.4 Å². The maximum atomic E-state index is 11.5. The van der Waals surface area contributed by atoms with Crippen molar-refractivity contribution in [1.29, 1.82) is 0 Å². The number of rotatable bonds is 6. The summed E-state index contributed by atoms with van der Waals surface area (Å²) in [7, 11) is 0. The van der Waals surface area contributed by atoms with Gasteiger partial charge in [0.2, 0.25) is 0 Å². The first kappa shape index (κ1) is 13.2. The van der Waals surface area contributed by atoms with E-state index in [1.807, 2.05) is 30.3 Å². The molecule has 19 heavy (non-hydrogen) atoms. The molecule has 2 aromatic rings. The van der Waals surface area contributed by atoms with E-state index >= 15 is 0 Å². The Balaban J connectivity index is 1.89. The molecule has 0 saturated heterocycles. The third-order valence-electron chi connectivity index (χ3n) is 2.32. The van der Waals surface area contributed by atoms with Gasteiger partial charge in [-0.3, -0.25) is 9.63 Å². The number of para-hydroxylation sites is 1. The van der Waals surface area contributed by atoms with Crippen molar-refractivity contribution in [3.63, 3.8) is 0 Å². The van der Waals surface area contributed by atoms with Crippen LogP contribution in [-0.4, -0.2) is 12.5 Å². The molecule has 0 aliphatic rings. The molecule has 5 nitrogen and oxygen atoms in total. The Bertz CT molecular complexity index is 521. The van der Waals surface area contributed by atoms with Crippen LogP contribution in [0.1, 0.15) is 23.2 Å². The van der Waals surface area contributed by atoms with Gasteiger partial charge >= 0.3 is 5.91 Å². The Kier molecular flexibility index (Phi) is 4.58.